The van der Waals surface area contributed by atoms with Crippen molar-refractivity contribution in [1.82, 2.24) is 4.57 Å². The van der Waals surface area contributed by atoms with Crippen molar-refractivity contribution in [2.45, 2.75) is 0 Å². The molecule has 2 nitrogen and oxygen atoms in total. The Hall–Kier alpha value is -5.86. The number of hydrogen-bond donors (Lipinski definition) is 0. The molecule has 8 rings (SSSR count). The van der Waals surface area contributed by atoms with Gasteiger partial charge in [0.25, 0.3) is 0 Å². The smallest absolute Gasteiger partial charge is 0.0547 e. The summed E-state index contributed by atoms with van der Waals surface area (Å²) in [4.78, 5) is 2.33. The molecule has 7 aromatic carbocycles. The average molecular weight is 563 g/mol. The van der Waals surface area contributed by atoms with Crippen LogP contribution in [0.5, 0.6) is 0 Å². The van der Waals surface area contributed by atoms with Crippen molar-refractivity contribution in [3.05, 3.63) is 182 Å². The molecule has 1 heterocycles. The van der Waals surface area contributed by atoms with Crippen LogP contribution >= 0.6 is 0 Å². The number of hydrogen-bond acceptors (Lipinski definition) is 1. The lowest BCUT2D eigenvalue weighted by Gasteiger charge is -2.26. The summed E-state index contributed by atoms with van der Waals surface area (Å²) in [6, 6.07) is 65.0. The molecule has 2 heteroatoms. The second-order valence-electron chi connectivity index (χ2n) is 11.1. The Kier molecular flexibility index (Phi) is 6.51. The van der Waals surface area contributed by atoms with Gasteiger partial charge in [0.15, 0.2) is 0 Å². The molecule has 0 fully saturated rings. The molecule has 0 aliphatic carbocycles. The summed E-state index contributed by atoms with van der Waals surface area (Å²) in [5.41, 5.74) is 11.7. The standard InChI is InChI=1S/C42H30N2/c1-4-13-31(14-5-1)32-23-26-37(27-24-32)43(35-16-6-2-7-17-35)38-20-12-15-33(29-38)34-25-28-40-39-21-10-11-22-41(39)44(42(40)30-34)36-18-8-3-9-19-36/h1-30H. The van der Waals surface area contributed by atoms with E-state index in [0.29, 0.717) is 0 Å². The summed E-state index contributed by atoms with van der Waals surface area (Å²) < 4.78 is 2.38. The van der Waals surface area contributed by atoms with Crippen molar-refractivity contribution in [3.8, 4) is 27.9 Å². The molecule has 8 aromatic rings. The highest BCUT2D eigenvalue weighted by Crippen LogP contribution is 2.39. The number of nitrogens with zero attached hydrogens (tertiary/aromatic N) is 2. The van der Waals surface area contributed by atoms with Crippen LogP contribution < -0.4 is 4.90 Å². The van der Waals surface area contributed by atoms with Crippen molar-refractivity contribution in [2.75, 3.05) is 4.90 Å². The molecule has 1 aromatic heterocycles. The largest absolute Gasteiger partial charge is 0.310 e. The van der Waals surface area contributed by atoms with Crippen LogP contribution in [0, 0.1) is 0 Å². The van der Waals surface area contributed by atoms with Gasteiger partial charge < -0.3 is 9.47 Å². The van der Waals surface area contributed by atoms with Crippen LogP contribution in [0.15, 0.2) is 182 Å². The van der Waals surface area contributed by atoms with E-state index in [0.717, 1.165) is 17.1 Å². The van der Waals surface area contributed by atoms with E-state index in [-0.39, 0.29) is 0 Å². The maximum atomic E-state index is 2.38. The van der Waals surface area contributed by atoms with Gasteiger partial charge >= 0.3 is 0 Å². The highest BCUT2D eigenvalue weighted by Gasteiger charge is 2.16. The second-order valence-corrected chi connectivity index (χ2v) is 11.1. The Morgan fingerprint density at radius 1 is 0.318 bits per heavy atom. The van der Waals surface area contributed by atoms with Crippen molar-refractivity contribution in [2.24, 2.45) is 0 Å². The van der Waals surface area contributed by atoms with Crippen LogP contribution in [0.3, 0.4) is 0 Å². The Balaban J connectivity index is 1.25. The summed E-state index contributed by atoms with van der Waals surface area (Å²) in [5.74, 6) is 0. The summed E-state index contributed by atoms with van der Waals surface area (Å²) in [6.45, 7) is 0. The van der Waals surface area contributed by atoms with Gasteiger partial charge in [0.1, 0.15) is 0 Å². The minimum atomic E-state index is 1.12. The predicted molar refractivity (Wildman–Crippen MR) is 186 cm³/mol. The first-order chi connectivity index (χ1) is 21.8. The van der Waals surface area contributed by atoms with E-state index in [1.54, 1.807) is 0 Å². The maximum absolute atomic E-state index is 2.38. The van der Waals surface area contributed by atoms with Gasteiger partial charge in [-0.2, -0.15) is 0 Å². The average Bonchev–Trinajstić information content (AvgIpc) is 3.44. The Morgan fingerprint density at radius 3 is 1.61 bits per heavy atom. The molecule has 0 spiro atoms. The summed E-state index contributed by atoms with van der Waals surface area (Å²) in [5, 5.41) is 2.52. The van der Waals surface area contributed by atoms with Crippen molar-refractivity contribution in [1.29, 1.82) is 0 Å². The lowest BCUT2D eigenvalue weighted by Crippen LogP contribution is -2.09. The van der Waals surface area contributed by atoms with Crippen LogP contribution in [0.2, 0.25) is 0 Å². The van der Waals surface area contributed by atoms with Gasteiger partial charge in [0, 0.05) is 33.5 Å². The van der Waals surface area contributed by atoms with Gasteiger partial charge in [0.2, 0.25) is 0 Å². The highest BCUT2D eigenvalue weighted by atomic mass is 15.1. The highest BCUT2D eigenvalue weighted by molar-refractivity contribution is 6.10. The third-order valence-electron chi connectivity index (χ3n) is 8.37. The fraction of sp³-hybridized carbons (Fsp3) is 0. The van der Waals surface area contributed by atoms with Crippen LogP contribution in [-0.4, -0.2) is 4.57 Å². The van der Waals surface area contributed by atoms with Gasteiger partial charge in [-0.3, -0.25) is 0 Å². The third kappa shape index (κ3) is 4.63. The maximum Gasteiger partial charge on any atom is 0.0547 e. The molecule has 0 bridgehead atoms. The fourth-order valence-corrected chi connectivity index (χ4v) is 6.29. The molecule has 0 N–H and O–H groups in total. The molecule has 0 aliphatic heterocycles. The zero-order chi connectivity index (χ0) is 29.3. The third-order valence-corrected chi connectivity index (χ3v) is 8.37. The van der Waals surface area contributed by atoms with Crippen molar-refractivity contribution < 1.29 is 0 Å². The first kappa shape index (κ1) is 25.8. The molecule has 0 atom stereocenters. The minimum Gasteiger partial charge on any atom is -0.310 e. The molecule has 0 saturated heterocycles. The molecule has 0 saturated carbocycles. The Morgan fingerprint density at radius 2 is 0.841 bits per heavy atom. The SMILES string of the molecule is c1ccc(-c2ccc(N(c3ccccc3)c3cccc(-c4ccc5c6ccccc6n(-c6ccccc6)c5c4)c3)cc2)cc1. The minimum absolute atomic E-state index is 1.12. The van der Waals surface area contributed by atoms with Gasteiger partial charge in [-0.05, 0) is 82.9 Å². The molecule has 0 unspecified atom stereocenters. The molecule has 44 heavy (non-hydrogen) atoms. The molecular weight excluding hydrogens is 532 g/mol. The zero-order valence-corrected chi connectivity index (χ0v) is 24.2. The number of anilines is 3. The van der Waals surface area contributed by atoms with Crippen LogP contribution in [0.25, 0.3) is 49.7 Å². The Labute approximate surface area is 257 Å². The lowest BCUT2D eigenvalue weighted by molar-refractivity contribution is 1.18. The van der Waals surface area contributed by atoms with E-state index < -0.39 is 0 Å². The van der Waals surface area contributed by atoms with Crippen LogP contribution in [-0.2, 0) is 0 Å². The van der Waals surface area contributed by atoms with Gasteiger partial charge in [0.05, 0.1) is 11.0 Å². The fourth-order valence-electron chi connectivity index (χ4n) is 6.29. The van der Waals surface area contributed by atoms with Crippen molar-refractivity contribution in [3.63, 3.8) is 0 Å². The first-order valence-electron chi connectivity index (χ1n) is 15.0. The Bertz CT molecular complexity index is 2200. The van der Waals surface area contributed by atoms with E-state index in [1.807, 2.05) is 0 Å². The monoisotopic (exact) mass is 562 g/mol. The predicted octanol–water partition coefficient (Wildman–Crippen LogP) is 11.6. The zero-order valence-electron chi connectivity index (χ0n) is 24.2. The van der Waals surface area contributed by atoms with Crippen LogP contribution in [0.1, 0.15) is 0 Å². The summed E-state index contributed by atoms with van der Waals surface area (Å²) in [7, 11) is 0. The molecule has 0 amide bonds. The van der Waals surface area contributed by atoms with Gasteiger partial charge in [-0.15, -0.1) is 0 Å². The number of rotatable bonds is 6. The quantitative estimate of drug-likeness (QED) is 0.196. The summed E-state index contributed by atoms with van der Waals surface area (Å²) >= 11 is 0. The normalized spacial score (nSPS) is 11.2. The van der Waals surface area contributed by atoms with E-state index in [9.17, 15) is 0 Å². The molecular formula is C42H30N2. The second kappa shape index (κ2) is 11.1. The van der Waals surface area contributed by atoms with E-state index in [1.165, 1.54) is 49.7 Å². The topological polar surface area (TPSA) is 8.17 Å². The molecule has 0 aliphatic rings. The molecule has 208 valence electrons. The van der Waals surface area contributed by atoms with Gasteiger partial charge in [-0.25, -0.2) is 0 Å². The van der Waals surface area contributed by atoms with E-state index >= 15 is 0 Å². The number of para-hydroxylation sites is 3. The number of aromatic nitrogens is 1. The number of fused-ring (bicyclic) bond motifs is 3. The van der Waals surface area contributed by atoms with Gasteiger partial charge in [-0.1, -0.05) is 121 Å². The van der Waals surface area contributed by atoms with E-state index in [2.05, 4.69) is 191 Å². The first-order valence-corrected chi connectivity index (χ1v) is 15.0. The van der Waals surface area contributed by atoms with E-state index in [4.69, 9.17) is 0 Å². The summed E-state index contributed by atoms with van der Waals surface area (Å²) in [6.07, 6.45) is 0. The number of benzene rings is 7. The molecule has 0 radical (unpaired) electrons. The lowest BCUT2D eigenvalue weighted by atomic mass is 10.0. The van der Waals surface area contributed by atoms with Crippen LogP contribution in [0.4, 0.5) is 17.1 Å². The van der Waals surface area contributed by atoms with Crippen molar-refractivity contribution >= 4 is 38.9 Å².